The lowest BCUT2D eigenvalue weighted by Gasteiger charge is -2.05. The Morgan fingerprint density at radius 2 is 1.81 bits per heavy atom. The van der Waals surface area contributed by atoms with Crippen molar-refractivity contribution in [1.82, 2.24) is 34.1 Å². The van der Waals surface area contributed by atoms with Crippen LogP contribution in [0.5, 0.6) is 6.01 Å². The lowest BCUT2D eigenvalue weighted by Crippen LogP contribution is -2.24. The molecule has 0 spiro atoms. The lowest BCUT2D eigenvalue weighted by molar-refractivity contribution is 0.296. The number of hydrogen-bond acceptors (Lipinski definition) is 6. The number of rotatable bonds is 6. The summed E-state index contributed by atoms with van der Waals surface area (Å²) in [5.74, 6) is 0. The summed E-state index contributed by atoms with van der Waals surface area (Å²) in [6.07, 6.45) is 6.62. The van der Waals surface area contributed by atoms with Crippen LogP contribution in [0.1, 0.15) is 12.5 Å². The molecule has 9 nitrogen and oxygen atoms in total. The van der Waals surface area contributed by atoms with Crippen LogP contribution in [0.15, 0.2) is 72.2 Å². The zero-order chi connectivity index (χ0) is 22.1. The van der Waals surface area contributed by atoms with Gasteiger partial charge in [0, 0.05) is 16.6 Å². The van der Waals surface area contributed by atoms with Crippen LogP contribution in [0.4, 0.5) is 0 Å². The van der Waals surface area contributed by atoms with E-state index in [1.165, 1.54) is 15.6 Å². The minimum absolute atomic E-state index is 0.244. The fraction of sp³-hybridized carbons (Fsp3) is 0.136. The topological polar surface area (TPSA) is 92.7 Å². The standard InChI is InChI=1S/C22H18ClN7O2/c1-2-32-21-27-30(22(31)28(21)12-15-6-8-16(23)9-7-15)20-5-3-4-19-18(20)13-29(26-19)17-10-24-14-25-11-17/h3-11,13-14H,2,12H2,1H3. The van der Waals surface area contributed by atoms with Crippen LogP contribution < -0.4 is 10.4 Å². The molecule has 0 bridgehead atoms. The van der Waals surface area contributed by atoms with E-state index in [0.29, 0.717) is 35.1 Å². The highest BCUT2D eigenvalue weighted by Gasteiger charge is 2.19. The molecule has 5 rings (SSSR count). The maximum absolute atomic E-state index is 13.4. The Balaban J connectivity index is 1.62. The minimum atomic E-state index is -0.313. The van der Waals surface area contributed by atoms with Crippen molar-refractivity contribution in [1.29, 1.82) is 0 Å². The molecule has 10 heteroatoms. The van der Waals surface area contributed by atoms with Crippen LogP contribution in [0.25, 0.3) is 22.3 Å². The summed E-state index contributed by atoms with van der Waals surface area (Å²) in [4.78, 5) is 21.4. The Bertz CT molecular complexity index is 1440. The number of fused-ring (bicyclic) bond motifs is 1. The van der Waals surface area contributed by atoms with E-state index < -0.39 is 0 Å². The summed E-state index contributed by atoms with van der Waals surface area (Å²) in [5.41, 5.74) is 2.62. The quantitative estimate of drug-likeness (QED) is 0.396. The van der Waals surface area contributed by atoms with Gasteiger partial charge in [0.05, 0.1) is 36.7 Å². The molecule has 3 aromatic heterocycles. The predicted molar refractivity (Wildman–Crippen MR) is 120 cm³/mol. The van der Waals surface area contributed by atoms with E-state index in [2.05, 4.69) is 20.2 Å². The molecule has 160 valence electrons. The van der Waals surface area contributed by atoms with Crippen LogP contribution in [-0.4, -0.2) is 40.7 Å². The number of ether oxygens (including phenoxy) is 1. The second-order valence-corrected chi connectivity index (χ2v) is 7.44. The molecule has 5 aromatic rings. The summed E-state index contributed by atoms with van der Waals surface area (Å²) in [5, 5.41) is 10.5. The summed E-state index contributed by atoms with van der Waals surface area (Å²) >= 11 is 5.99. The minimum Gasteiger partial charge on any atom is -0.464 e. The number of benzene rings is 2. The van der Waals surface area contributed by atoms with Gasteiger partial charge in [-0.3, -0.25) is 0 Å². The Morgan fingerprint density at radius 1 is 1.03 bits per heavy atom. The summed E-state index contributed by atoms with van der Waals surface area (Å²) in [6, 6.07) is 13.1. The molecule has 0 aliphatic heterocycles. The third-order valence-electron chi connectivity index (χ3n) is 4.92. The molecular formula is C22H18ClN7O2. The maximum atomic E-state index is 13.4. The first-order chi connectivity index (χ1) is 15.6. The summed E-state index contributed by atoms with van der Waals surface area (Å²) in [7, 11) is 0. The van der Waals surface area contributed by atoms with Crippen molar-refractivity contribution in [3.8, 4) is 17.4 Å². The first kappa shape index (κ1) is 20.0. The Morgan fingerprint density at radius 3 is 2.56 bits per heavy atom. The third-order valence-corrected chi connectivity index (χ3v) is 5.17. The van der Waals surface area contributed by atoms with Gasteiger partial charge in [-0.05, 0) is 36.8 Å². The third kappa shape index (κ3) is 3.63. The second-order valence-electron chi connectivity index (χ2n) is 7.00. The largest absolute Gasteiger partial charge is 0.464 e. The van der Waals surface area contributed by atoms with Crippen LogP contribution in [0, 0.1) is 0 Å². The average Bonchev–Trinajstić information content (AvgIpc) is 3.38. The zero-order valence-corrected chi connectivity index (χ0v) is 17.8. The molecule has 2 aromatic carbocycles. The molecule has 0 saturated carbocycles. The van der Waals surface area contributed by atoms with Gasteiger partial charge in [0.1, 0.15) is 12.0 Å². The van der Waals surface area contributed by atoms with Crippen molar-refractivity contribution in [2.24, 2.45) is 0 Å². The molecule has 0 atom stereocenters. The molecular weight excluding hydrogens is 430 g/mol. The average molecular weight is 448 g/mol. The van der Waals surface area contributed by atoms with E-state index >= 15 is 0 Å². The van der Waals surface area contributed by atoms with Gasteiger partial charge in [0.15, 0.2) is 0 Å². The molecule has 0 radical (unpaired) electrons. The van der Waals surface area contributed by atoms with Gasteiger partial charge < -0.3 is 4.74 Å². The van der Waals surface area contributed by atoms with Gasteiger partial charge >= 0.3 is 11.7 Å². The smallest absolute Gasteiger partial charge is 0.353 e. The van der Waals surface area contributed by atoms with Crippen molar-refractivity contribution >= 4 is 22.5 Å². The van der Waals surface area contributed by atoms with Gasteiger partial charge in [0.25, 0.3) is 0 Å². The Labute approximate surface area is 187 Å². The van der Waals surface area contributed by atoms with Crippen molar-refractivity contribution < 1.29 is 4.74 Å². The van der Waals surface area contributed by atoms with E-state index in [1.807, 2.05) is 43.5 Å². The molecule has 0 fully saturated rings. The van der Waals surface area contributed by atoms with E-state index in [-0.39, 0.29) is 11.7 Å². The Kier molecular flexibility index (Phi) is 5.16. The van der Waals surface area contributed by atoms with E-state index in [0.717, 1.165) is 10.9 Å². The van der Waals surface area contributed by atoms with Crippen LogP contribution >= 0.6 is 11.6 Å². The van der Waals surface area contributed by atoms with Gasteiger partial charge in [-0.2, -0.15) is 9.78 Å². The maximum Gasteiger partial charge on any atom is 0.353 e. The van der Waals surface area contributed by atoms with E-state index in [9.17, 15) is 4.79 Å². The fourth-order valence-corrected chi connectivity index (χ4v) is 3.56. The van der Waals surface area contributed by atoms with Crippen molar-refractivity contribution in [3.63, 3.8) is 0 Å². The van der Waals surface area contributed by atoms with E-state index in [4.69, 9.17) is 16.3 Å². The molecule has 0 unspecified atom stereocenters. The Hall–Kier alpha value is -3.98. The number of nitrogens with zero attached hydrogens (tertiary/aromatic N) is 7. The molecule has 0 N–H and O–H groups in total. The zero-order valence-electron chi connectivity index (χ0n) is 17.1. The molecule has 0 aliphatic carbocycles. The van der Waals surface area contributed by atoms with Crippen LogP contribution in [-0.2, 0) is 6.54 Å². The van der Waals surface area contributed by atoms with Crippen molar-refractivity contribution in [3.05, 3.63) is 88.5 Å². The number of hydrogen-bond donors (Lipinski definition) is 0. The highest BCUT2D eigenvalue weighted by Crippen LogP contribution is 2.23. The SMILES string of the molecule is CCOc1nn(-c2cccc3nn(-c4cncnc4)cc23)c(=O)n1Cc1ccc(Cl)cc1. The van der Waals surface area contributed by atoms with Gasteiger partial charge in [-0.1, -0.05) is 29.8 Å². The van der Waals surface area contributed by atoms with E-state index in [1.54, 1.807) is 29.2 Å². The normalized spacial score (nSPS) is 11.2. The summed E-state index contributed by atoms with van der Waals surface area (Å²) < 4.78 is 10.2. The van der Waals surface area contributed by atoms with Crippen molar-refractivity contribution in [2.45, 2.75) is 13.5 Å². The highest BCUT2D eigenvalue weighted by atomic mass is 35.5. The molecule has 3 heterocycles. The first-order valence-corrected chi connectivity index (χ1v) is 10.3. The fourth-order valence-electron chi connectivity index (χ4n) is 3.43. The van der Waals surface area contributed by atoms with Gasteiger partial charge in [-0.25, -0.2) is 24.0 Å². The monoisotopic (exact) mass is 447 g/mol. The molecule has 0 saturated heterocycles. The highest BCUT2D eigenvalue weighted by molar-refractivity contribution is 6.30. The molecule has 0 amide bonds. The van der Waals surface area contributed by atoms with Gasteiger partial charge in [0.2, 0.25) is 0 Å². The predicted octanol–water partition coefficient (Wildman–Crippen LogP) is 3.26. The second kappa shape index (κ2) is 8.27. The van der Waals surface area contributed by atoms with Crippen LogP contribution in [0.3, 0.4) is 0 Å². The lowest BCUT2D eigenvalue weighted by atomic mass is 10.2. The number of halogens is 1. The van der Waals surface area contributed by atoms with Gasteiger partial charge in [-0.15, -0.1) is 5.10 Å². The molecule has 0 aliphatic rings. The number of aromatic nitrogens is 7. The summed E-state index contributed by atoms with van der Waals surface area (Å²) in [6.45, 7) is 2.54. The first-order valence-electron chi connectivity index (χ1n) is 9.95. The van der Waals surface area contributed by atoms with Crippen molar-refractivity contribution in [2.75, 3.05) is 6.61 Å². The molecule has 32 heavy (non-hydrogen) atoms. The van der Waals surface area contributed by atoms with Crippen LogP contribution in [0.2, 0.25) is 5.02 Å².